The average molecular weight is 547 g/mol. The van der Waals surface area contributed by atoms with E-state index in [4.69, 9.17) is 9.98 Å². The Labute approximate surface area is 234 Å². The summed E-state index contributed by atoms with van der Waals surface area (Å²) in [5.74, 6) is 1.53. The van der Waals surface area contributed by atoms with Crippen molar-refractivity contribution in [1.82, 2.24) is 9.80 Å². The second-order valence-corrected chi connectivity index (χ2v) is 11.1. The van der Waals surface area contributed by atoms with E-state index in [0.717, 1.165) is 48.3 Å². The summed E-state index contributed by atoms with van der Waals surface area (Å²) in [7, 11) is 0. The third kappa shape index (κ3) is 7.26. The van der Waals surface area contributed by atoms with Gasteiger partial charge in [-0.25, -0.2) is 9.98 Å². The fourth-order valence-corrected chi connectivity index (χ4v) is 6.12. The molecule has 0 aliphatic carbocycles. The van der Waals surface area contributed by atoms with E-state index in [1.54, 1.807) is 33.3 Å². The minimum atomic E-state index is -0.128. The Bertz CT molecular complexity index is 1140. The Morgan fingerprint density at radius 2 is 1.05 bits per heavy atom. The van der Waals surface area contributed by atoms with E-state index in [2.05, 4.69) is 13.8 Å². The molecule has 0 fully saturated rings. The van der Waals surface area contributed by atoms with Crippen LogP contribution < -0.4 is 0 Å². The summed E-state index contributed by atoms with van der Waals surface area (Å²) in [6, 6.07) is 19.5. The van der Waals surface area contributed by atoms with Gasteiger partial charge in [0.1, 0.15) is 11.4 Å². The van der Waals surface area contributed by atoms with Crippen LogP contribution in [0.3, 0.4) is 0 Å². The summed E-state index contributed by atoms with van der Waals surface area (Å²) in [5.41, 5.74) is 2.73. The summed E-state index contributed by atoms with van der Waals surface area (Å²) in [6.45, 7) is 5.02. The molecular formula is C30H34N4O2S2. The Morgan fingerprint density at radius 3 is 1.42 bits per heavy atom. The molecule has 8 heteroatoms. The van der Waals surface area contributed by atoms with E-state index < -0.39 is 0 Å². The first kappa shape index (κ1) is 27.9. The van der Waals surface area contributed by atoms with Gasteiger partial charge in [-0.15, -0.1) is 0 Å². The number of aliphatic imine (C=N–C) groups is 2. The molecule has 2 aromatic carbocycles. The summed E-state index contributed by atoms with van der Waals surface area (Å²) >= 11 is 3.20. The number of rotatable bonds is 11. The molecule has 2 heterocycles. The van der Waals surface area contributed by atoms with E-state index in [1.807, 2.05) is 72.8 Å². The fourth-order valence-electron chi connectivity index (χ4n) is 3.91. The number of hydrogen-bond donors (Lipinski definition) is 0. The zero-order valence-electron chi connectivity index (χ0n) is 22.0. The molecule has 0 unspecified atom stereocenters. The molecule has 0 N–H and O–H groups in total. The number of unbranched alkanes of at least 4 members (excludes halogenated alkanes) is 2. The van der Waals surface area contributed by atoms with Crippen molar-refractivity contribution in [2.45, 2.75) is 39.5 Å². The van der Waals surface area contributed by atoms with Crippen LogP contribution in [0.15, 0.2) is 82.0 Å². The van der Waals surface area contributed by atoms with Crippen molar-refractivity contribution in [2.75, 3.05) is 24.6 Å². The highest BCUT2D eigenvalue weighted by atomic mass is 32.2. The number of thioether (sulfide) groups is 2. The van der Waals surface area contributed by atoms with Crippen molar-refractivity contribution in [3.05, 3.63) is 83.2 Å². The molecule has 2 aliphatic heterocycles. The van der Waals surface area contributed by atoms with Crippen LogP contribution >= 0.6 is 23.5 Å². The minimum Gasteiger partial charge on any atom is -0.284 e. The number of carbonyl (C=O) groups excluding carboxylic acids is 2. The van der Waals surface area contributed by atoms with Gasteiger partial charge in [0.05, 0.1) is 0 Å². The number of hydrogen-bond acceptors (Lipinski definition) is 6. The van der Waals surface area contributed by atoms with Crippen molar-refractivity contribution < 1.29 is 9.59 Å². The monoisotopic (exact) mass is 546 g/mol. The molecule has 6 nitrogen and oxygen atoms in total. The van der Waals surface area contributed by atoms with Gasteiger partial charge in [0.15, 0.2) is 10.3 Å². The molecule has 38 heavy (non-hydrogen) atoms. The van der Waals surface area contributed by atoms with Gasteiger partial charge in [-0.2, -0.15) is 0 Å². The molecule has 0 spiro atoms. The van der Waals surface area contributed by atoms with Gasteiger partial charge >= 0.3 is 0 Å². The predicted octanol–water partition coefficient (Wildman–Crippen LogP) is 6.53. The molecule has 0 saturated carbocycles. The third-order valence-corrected chi connectivity index (χ3v) is 8.16. The van der Waals surface area contributed by atoms with Gasteiger partial charge in [0, 0.05) is 24.6 Å². The van der Waals surface area contributed by atoms with Crippen LogP contribution in [0.2, 0.25) is 0 Å². The number of nitrogens with zero attached hydrogens (tertiary/aromatic N) is 4. The van der Waals surface area contributed by atoms with Crippen molar-refractivity contribution in [3.63, 3.8) is 0 Å². The molecule has 2 aliphatic rings. The SMILES string of the molecule is CCCCSC1=N/C(=C\c2ccccc2)C(=O)N1CCN1C(=O)/C(=C\c2ccccc2)N=C1SCCCC. The van der Waals surface area contributed by atoms with E-state index in [9.17, 15) is 9.59 Å². The maximum absolute atomic E-state index is 13.4. The number of amidine groups is 2. The lowest BCUT2D eigenvalue weighted by atomic mass is 10.2. The second-order valence-electron chi connectivity index (χ2n) is 8.99. The highest BCUT2D eigenvalue weighted by Crippen LogP contribution is 2.27. The first-order chi connectivity index (χ1) is 18.6. The first-order valence-corrected chi connectivity index (χ1v) is 15.2. The lowest BCUT2D eigenvalue weighted by molar-refractivity contribution is -0.125. The van der Waals surface area contributed by atoms with E-state index in [0.29, 0.717) is 34.8 Å². The zero-order valence-corrected chi connectivity index (χ0v) is 23.6. The maximum atomic E-state index is 13.4. The Hall–Kier alpha value is -3.10. The Kier molecular flexibility index (Phi) is 10.4. The lowest BCUT2D eigenvalue weighted by Crippen LogP contribution is -2.41. The quantitative estimate of drug-likeness (QED) is 0.237. The average Bonchev–Trinajstić information content (AvgIpc) is 3.39. The number of benzene rings is 2. The van der Waals surface area contributed by atoms with Crippen LogP contribution in [0, 0.1) is 0 Å². The van der Waals surface area contributed by atoms with Crippen LogP contribution in [0.5, 0.6) is 0 Å². The topological polar surface area (TPSA) is 65.3 Å². The van der Waals surface area contributed by atoms with Crippen molar-refractivity contribution in [3.8, 4) is 0 Å². The van der Waals surface area contributed by atoms with Gasteiger partial charge < -0.3 is 0 Å². The van der Waals surface area contributed by atoms with Crippen LogP contribution in [0.1, 0.15) is 50.7 Å². The fraction of sp³-hybridized carbons (Fsp3) is 0.333. The summed E-state index contributed by atoms with van der Waals surface area (Å²) < 4.78 is 0. The highest BCUT2D eigenvalue weighted by Gasteiger charge is 2.34. The molecule has 198 valence electrons. The van der Waals surface area contributed by atoms with Crippen LogP contribution in [-0.4, -0.2) is 56.5 Å². The molecule has 0 bridgehead atoms. The molecule has 0 radical (unpaired) electrons. The molecule has 2 amide bonds. The molecule has 0 aromatic heterocycles. The van der Waals surface area contributed by atoms with Crippen molar-refractivity contribution >= 4 is 57.8 Å². The van der Waals surface area contributed by atoms with Gasteiger partial charge in [-0.1, -0.05) is 111 Å². The van der Waals surface area contributed by atoms with Crippen molar-refractivity contribution in [2.24, 2.45) is 9.98 Å². The third-order valence-electron chi connectivity index (χ3n) is 6.03. The summed E-state index contributed by atoms with van der Waals surface area (Å²) in [4.78, 5) is 39.7. The summed E-state index contributed by atoms with van der Waals surface area (Å²) in [6.07, 6.45) is 7.91. The highest BCUT2D eigenvalue weighted by molar-refractivity contribution is 8.14. The number of carbonyl (C=O) groups is 2. The van der Waals surface area contributed by atoms with Gasteiger partial charge in [0.2, 0.25) is 0 Å². The van der Waals surface area contributed by atoms with Gasteiger partial charge in [0.25, 0.3) is 11.8 Å². The lowest BCUT2D eigenvalue weighted by Gasteiger charge is -2.23. The Morgan fingerprint density at radius 1 is 0.658 bits per heavy atom. The molecule has 2 aromatic rings. The smallest absolute Gasteiger partial charge is 0.278 e. The largest absolute Gasteiger partial charge is 0.284 e. The Balaban J connectivity index is 1.52. The predicted molar refractivity (Wildman–Crippen MR) is 162 cm³/mol. The summed E-state index contributed by atoms with van der Waals surface area (Å²) in [5, 5.41) is 1.41. The maximum Gasteiger partial charge on any atom is 0.278 e. The molecule has 0 saturated heterocycles. The molecular weight excluding hydrogens is 512 g/mol. The van der Waals surface area contributed by atoms with E-state index in [1.165, 1.54) is 0 Å². The van der Waals surface area contributed by atoms with Gasteiger partial charge in [-0.3, -0.25) is 19.4 Å². The van der Waals surface area contributed by atoms with Crippen LogP contribution in [0.25, 0.3) is 12.2 Å². The molecule has 4 rings (SSSR count). The second kappa shape index (κ2) is 14.2. The molecule has 0 atom stereocenters. The minimum absolute atomic E-state index is 0.128. The first-order valence-electron chi connectivity index (χ1n) is 13.2. The van der Waals surface area contributed by atoms with E-state index >= 15 is 0 Å². The van der Waals surface area contributed by atoms with Crippen molar-refractivity contribution in [1.29, 1.82) is 0 Å². The van der Waals surface area contributed by atoms with Gasteiger partial charge in [-0.05, 0) is 36.1 Å². The normalized spacial score (nSPS) is 17.6. The van der Waals surface area contributed by atoms with Crippen LogP contribution in [0.4, 0.5) is 0 Å². The number of amides is 2. The standard InChI is InChI=1S/C30H34N4O2S2/c1-3-5-19-37-29-31-25(21-23-13-9-7-10-14-23)27(35)33(29)17-18-34-28(36)26(22-24-15-11-8-12-16-24)32-30(34)38-20-6-4-2/h7-16,21-22H,3-6,17-20H2,1-2H3/b25-21-,26-22+. The van der Waals surface area contributed by atoms with E-state index in [-0.39, 0.29) is 11.8 Å². The zero-order chi connectivity index (χ0) is 26.7. The van der Waals surface area contributed by atoms with Crippen LogP contribution in [-0.2, 0) is 9.59 Å².